The molecule has 1 unspecified atom stereocenters. The molecule has 1 aromatic carbocycles. The van der Waals surface area contributed by atoms with Crippen LogP contribution in [0.15, 0.2) is 18.2 Å². The van der Waals surface area contributed by atoms with Crippen molar-refractivity contribution in [3.63, 3.8) is 0 Å². The molecular weight excluding hydrogens is 296 g/mol. The average molecular weight is 316 g/mol. The van der Waals surface area contributed by atoms with E-state index in [4.69, 9.17) is 9.88 Å². The Morgan fingerprint density at radius 1 is 1.38 bits per heavy atom. The number of sulfonamides is 1. The maximum absolute atomic E-state index is 11.2. The lowest BCUT2D eigenvalue weighted by Crippen LogP contribution is -2.30. The van der Waals surface area contributed by atoms with E-state index in [1.54, 1.807) is 19.1 Å². The van der Waals surface area contributed by atoms with E-state index in [0.29, 0.717) is 5.56 Å². The molecule has 2 N–H and O–H groups in total. The summed E-state index contributed by atoms with van der Waals surface area (Å²) >= 11 is 0. The molecule has 21 heavy (non-hydrogen) atoms. The third-order valence-electron chi connectivity index (χ3n) is 3.23. The predicted octanol–water partition coefficient (Wildman–Crippen LogP) is 1.84. The SMILES string of the molecule is Cc1cccc(OCC(CS(N)(=O)=O)C(C)C)c1[N+](=O)[O-]. The highest BCUT2D eigenvalue weighted by atomic mass is 32.2. The molecule has 1 rings (SSSR count). The standard InChI is InChI=1S/C13H20N2O5S/c1-9(2)11(8-21(14,18)19)7-20-12-6-4-5-10(3)13(12)15(16)17/h4-6,9,11H,7-8H2,1-3H3,(H2,14,18,19). The van der Waals surface area contributed by atoms with Gasteiger partial charge in [0.15, 0.2) is 5.75 Å². The van der Waals surface area contributed by atoms with Crippen molar-refractivity contribution in [1.29, 1.82) is 0 Å². The van der Waals surface area contributed by atoms with Crippen molar-refractivity contribution in [2.75, 3.05) is 12.4 Å². The highest BCUT2D eigenvalue weighted by molar-refractivity contribution is 7.89. The van der Waals surface area contributed by atoms with Gasteiger partial charge in [-0.1, -0.05) is 26.0 Å². The largest absolute Gasteiger partial charge is 0.486 e. The zero-order chi connectivity index (χ0) is 16.2. The van der Waals surface area contributed by atoms with Gasteiger partial charge in [-0.25, -0.2) is 13.6 Å². The fourth-order valence-corrected chi connectivity index (χ4v) is 2.99. The molecule has 0 saturated carbocycles. The van der Waals surface area contributed by atoms with Crippen LogP contribution in [0.3, 0.4) is 0 Å². The maximum atomic E-state index is 11.2. The lowest BCUT2D eigenvalue weighted by Gasteiger charge is -2.20. The van der Waals surface area contributed by atoms with E-state index in [9.17, 15) is 18.5 Å². The van der Waals surface area contributed by atoms with Gasteiger partial charge >= 0.3 is 5.69 Å². The average Bonchev–Trinajstić information content (AvgIpc) is 2.32. The normalized spacial score (nSPS) is 13.2. The number of hydrogen-bond acceptors (Lipinski definition) is 5. The molecule has 0 bridgehead atoms. The van der Waals surface area contributed by atoms with Gasteiger partial charge in [0.1, 0.15) is 0 Å². The van der Waals surface area contributed by atoms with Gasteiger partial charge in [0.25, 0.3) is 0 Å². The molecule has 1 aromatic rings. The van der Waals surface area contributed by atoms with Crippen LogP contribution in [-0.2, 0) is 10.0 Å². The Hall–Kier alpha value is -1.67. The van der Waals surface area contributed by atoms with Crippen LogP contribution < -0.4 is 9.88 Å². The smallest absolute Gasteiger partial charge is 0.313 e. The van der Waals surface area contributed by atoms with Gasteiger partial charge in [-0.15, -0.1) is 0 Å². The van der Waals surface area contributed by atoms with Crippen molar-refractivity contribution < 1.29 is 18.1 Å². The quantitative estimate of drug-likeness (QED) is 0.609. The molecule has 7 nitrogen and oxygen atoms in total. The first kappa shape index (κ1) is 17.4. The number of nitrogens with zero attached hydrogens (tertiary/aromatic N) is 1. The number of aryl methyl sites for hydroxylation is 1. The second-order valence-corrected chi connectivity index (χ2v) is 6.98. The highest BCUT2D eigenvalue weighted by Gasteiger charge is 2.23. The van der Waals surface area contributed by atoms with E-state index in [2.05, 4.69) is 0 Å². The van der Waals surface area contributed by atoms with E-state index < -0.39 is 14.9 Å². The molecule has 0 spiro atoms. The minimum absolute atomic E-state index is 0.0205. The summed E-state index contributed by atoms with van der Waals surface area (Å²) in [4.78, 5) is 10.6. The van der Waals surface area contributed by atoms with E-state index >= 15 is 0 Å². The van der Waals surface area contributed by atoms with Gasteiger partial charge in [0.2, 0.25) is 10.0 Å². The summed E-state index contributed by atoms with van der Waals surface area (Å²) in [6, 6.07) is 4.77. The number of rotatable bonds is 7. The number of nitro benzene ring substituents is 1. The lowest BCUT2D eigenvalue weighted by molar-refractivity contribution is -0.386. The Balaban J connectivity index is 2.91. The van der Waals surface area contributed by atoms with Crippen LogP contribution in [0.1, 0.15) is 19.4 Å². The minimum atomic E-state index is -3.62. The van der Waals surface area contributed by atoms with Crippen LogP contribution in [0.5, 0.6) is 5.75 Å². The molecule has 0 aromatic heterocycles. The molecule has 0 saturated heterocycles. The van der Waals surface area contributed by atoms with Gasteiger partial charge in [0, 0.05) is 11.5 Å². The van der Waals surface area contributed by atoms with Crippen LogP contribution in [0.25, 0.3) is 0 Å². The van der Waals surface area contributed by atoms with Crippen molar-refractivity contribution in [3.05, 3.63) is 33.9 Å². The topological polar surface area (TPSA) is 113 Å². The molecule has 0 aliphatic rings. The molecule has 0 radical (unpaired) electrons. The molecule has 0 aliphatic heterocycles. The summed E-state index contributed by atoms with van der Waals surface area (Å²) in [6.45, 7) is 5.38. The molecule has 0 fully saturated rings. The van der Waals surface area contributed by atoms with Crippen LogP contribution in [0.4, 0.5) is 5.69 Å². The Kier molecular flexibility index (Phi) is 5.68. The summed E-state index contributed by atoms with van der Waals surface area (Å²) in [7, 11) is -3.62. The molecule has 0 aliphatic carbocycles. The molecule has 8 heteroatoms. The molecule has 0 heterocycles. The van der Waals surface area contributed by atoms with Crippen molar-refractivity contribution >= 4 is 15.7 Å². The maximum Gasteiger partial charge on any atom is 0.313 e. The summed E-state index contributed by atoms with van der Waals surface area (Å²) < 4.78 is 27.9. The summed E-state index contributed by atoms with van der Waals surface area (Å²) in [6.07, 6.45) is 0. The Morgan fingerprint density at radius 2 is 2.00 bits per heavy atom. The van der Waals surface area contributed by atoms with Crippen molar-refractivity contribution in [3.8, 4) is 5.75 Å². The Labute approximate surface area is 124 Å². The fourth-order valence-electron chi connectivity index (χ4n) is 1.91. The summed E-state index contributed by atoms with van der Waals surface area (Å²) in [5, 5.41) is 16.1. The lowest BCUT2D eigenvalue weighted by atomic mass is 9.99. The molecule has 118 valence electrons. The molecular formula is C13H20N2O5S. The Bertz CT molecular complexity index is 613. The second kappa shape index (κ2) is 6.86. The van der Waals surface area contributed by atoms with Gasteiger partial charge < -0.3 is 4.74 Å². The predicted molar refractivity (Wildman–Crippen MR) is 79.6 cm³/mol. The summed E-state index contributed by atoms with van der Waals surface area (Å²) in [5.41, 5.74) is 0.389. The second-order valence-electron chi connectivity index (χ2n) is 5.32. The third kappa shape index (κ3) is 5.31. The minimum Gasteiger partial charge on any atom is -0.486 e. The highest BCUT2D eigenvalue weighted by Crippen LogP contribution is 2.30. The van der Waals surface area contributed by atoms with Crippen LogP contribution >= 0.6 is 0 Å². The third-order valence-corrected chi connectivity index (χ3v) is 4.12. The van der Waals surface area contributed by atoms with Gasteiger partial charge in [-0.2, -0.15) is 0 Å². The number of para-hydroxylation sites is 1. The zero-order valence-electron chi connectivity index (χ0n) is 12.3. The first-order valence-electron chi connectivity index (χ1n) is 6.49. The molecule has 0 amide bonds. The van der Waals surface area contributed by atoms with Crippen molar-refractivity contribution in [2.24, 2.45) is 17.0 Å². The van der Waals surface area contributed by atoms with Crippen LogP contribution in [0, 0.1) is 28.9 Å². The molecule has 1 atom stereocenters. The van der Waals surface area contributed by atoms with E-state index in [1.165, 1.54) is 6.07 Å². The van der Waals surface area contributed by atoms with Crippen LogP contribution in [0.2, 0.25) is 0 Å². The van der Waals surface area contributed by atoms with E-state index in [0.717, 1.165) is 0 Å². The first-order valence-corrected chi connectivity index (χ1v) is 8.20. The van der Waals surface area contributed by atoms with Gasteiger partial charge in [-0.05, 0) is 18.9 Å². The number of ether oxygens (including phenoxy) is 1. The van der Waals surface area contributed by atoms with Crippen molar-refractivity contribution in [2.45, 2.75) is 20.8 Å². The number of primary sulfonamides is 1. The number of hydrogen-bond donors (Lipinski definition) is 1. The first-order chi connectivity index (χ1) is 9.61. The fraction of sp³-hybridized carbons (Fsp3) is 0.538. The number of benzene rings is 1. The van der Waals surface area contributed by atoms with Crippen molar-refractivity contribution in [1.82, 2.24) is 0 Å². The summed E-state index contributed by atoms with van der Waals surface area (Å²) in [5.74, 6) is -0.392. The number of nitrogens with two attached hydrogens (primary N) is 1. The number of nitro groups is 1. The van der Waals surface area contributed by atoms with Crippen LogP contribution in [-0.4, -0.2) is 25.7 Å². The Morgan fingerprint density at radius 3 is 2.48 bits per heavy atom. The van der Waals surface area contributed by atoms with Gasteiger partial charge in [-0.3, -0.25) is 10.1 Å². The zero-order valence-corrected chi connectivity index (χ0v) is 13.1. The van der Waals surface area contributed by atoms with E-state index in [-0.39, 0.29) is 35.6 Å². The van der Waals surface area contributed by atoms with Gasteiger partial charge in [0.05, 0.1) is 17.3 Å². The van der Waals surface area contributed by atoms with E-state index in [1.807, 2.05) is 13.8 Å². The monoisotopic (exact) mass is 316 g/mol.